The molecule has 0 bridgehead atoms. The minimum absolute atomic E-state index is 0.0934. The molecule has 1 saturated carbocycles. The van der Waals surface area contributed by atoms with E-state index in [1.165, 1.54) is 0 Å². The number of aliphatic hydroxyl groups is 1. The van der Waals surface area contributed by atoms with Crippen LogP contribution in [0.25, 0.3) is 0 Å². The van der Waals surface area contributed by atoms with Gasteiger partial charge >= 0.3 is 0 Å². The Bertz CT molecular complexity index is 247. The molecular formula is C12H20O4-2. The summed E-state index contributed by atoms with van der Waals surface area (Å²) in [6.07, 6.45) is 1.51. The number of unbranched alkanes of at least 4 members (excludes halogenated alkanes) is 1. The third-order valence-corrected chi connectivity index (χ3v) is 3.89. The maximum absolute atomic E-state index is 10.5. The molecule has 0 aliphatic heterocycles. The Morgan fingerprint density at radius 3 is 2.50 bits per heavy atom. The van der Waals surface area contributed by atoms with Crippen LogP contribution in [-0.2, 0) is 4.79 Å². The van der Waals surface area contributed by atoms with Crippen LogP contribution in [0, 0.1) is 17.3 Å². The number of carboxylic acid groups (broad SMARTS) is 1. The van der Waals surface area contributed by atoms with Crippen molar-refractivity contribution in [2.24, 2.45) is 17.3 Å². The van der Waals surface area contributed by atoms with Gasteiger partial charge in [0.15, 0.2) is 0 Å². The highest BCUT2D eigenvalue weighted by molar-refractivity contribution is 5.65. The van der Waals surface area contributed by atoms with Crippen molar-refractivity contribution in [3.05, 3.63) is 0 Å². The van der Waals surface area contributed by atoms with Gasteiger partial charge in [0.05, 0.1) is 0 Å². The summed E-state index contributed by atoms with van der Waals surface area (Å²) in [6, 6.07) is 0. The van der Waals surface area contributed by atoms with Gasteiger partial charge in [0.25, 0.3) is 0 Å². The Kier molecular flexibility index (Phi) is 4.33. The fraction of sp³-hybridized carbons (Fsp3) is 0.917. The molecular weight excluding hydrogens is 208 g/mol. The first kappa shape index (κ1) is 13.5. The zero-order valence-electron chi connectivity index (χ0n) is 9.94. The molecule has 1 N–H and O–H groups in total. The quantitative estimate of drug-likeness (QED) is 0.476. The lowest BCUT2D eigenvalue weighted by atomic mass is 10.0. The van der Waals surface area contributed by atoms with E-state index in [-0.39, 0.29) is 24.2 Å². The monoisotopic (exact) mass is 228 g/mol. The third-order valence-electron chi connectivity index (χ3n) is 3.89. The van der Waals surface area contributed by atoms with Crippen molar-refractivity contribution >= 4 is 5.97 Å². The van der Waals surface area contributed by atoms with Gasteiger partial charge in [-0.15, -0.1) is 0 Å². The summed E-state index contributed by atoms with van der Waals surface area (Å²) in [6.45, 7) is 4.15. The summed E-state index contributed by atoms with van der Waals surface area (Å²) in [4.78, 5) is 10.5. The molecule has 4 nitrogen and oxygen atoms in total. The number of aliphatic carboxylic acids is 1. The van der Waals surface area contributed by atoms with Gasteiger partial charge in [-0.05, 0) is 42.8 Å². The zero-order chi connectivity index (χ0) is 12.3. The number of rotatable bonds is 7. The van der Waals surface area contributed by atoms with Crippen LogP contribution < -0.4 is 10.2 Å². The smallest absolute Gasteiger partial charge is 0.0417 e. The van der Waals surface area contributed by atoms with Gasteiger partial charge < -0.3 is 20.1 Å². The van der Waals surface area contributed by atoms with E-state index in [0.29, 0.717) is 5.92 Å². The number of hydrogen-bond donors (Lipinski definition) is 1. The molecule has 0 aromatic carbocycles. The van der Waals surface area contributed by atoms with Crippen LogP contribution in [0.2, 0.25) is 0 Å². The molecule has 3 unspecified atom stereocenters. The maximum atomic E-state index is 10.5. The lowest BCUT2D eigenvalue weighted by Gasteiger charge is -2.13. The van der Waals surface area contributed by atoms with Crippen LogP contribution in [-0.4, -0.2) is 17.4 Å². The molecule has 0 radical (unpaired) electrons. The molecule has 0 spiro atoms. The molecule has 0 aromatic heterocycles. The van der Waals surface area contributed by atoms with Crippen molar-refractivity contribution in [3.63, 3.8) is 0 Å². The van der Waals surface area contributed by atoms with E-state index >= 15 is 0 Å². The average molecular weight is 228 g/mol. The molecule has 3 atom stereocenters. The minimum atomic E-state index is -1.47. The van der Waals surface area contributed by atoms with E-state index in [1.54, 1.807) is 0 Å². The van der Waals surface area contributed by atoms with Gasteiger partial charge in [-0.1, -0.05) is 26.7 Å². The molecule has 16 heavy (non-hydrogen) atoms. The minimum Gasteiger partial charge on any atom is -0.831 e. The van der Waals surface area contributed by atoms with Crippen LogP contribution in [0.15, 0.2) is 0 Å². The van der Waals surface area contributed by atoms with Gasteiger partial charge in [-0.3, -0.25) is 0 Å². The number of hydrogen-bond acceptors (Lipinski definition) is 4. The fourth-order valence-corrected chi connectivity index (χ4v) is 2.70. The second-order valence-electron chi connectivity index (χ2n) is 5.35. The molecule has 0 heterocycles. The lowest BCUT2D eigenvalue weighted by molar-refractivity contribution is -0.483. The molecule has 4 heteroatoms. The van der Waals surface area contributed by atoms with Crippen LogP contribution >= 0.6 is 0 Å². The van der Waals surface area contributed by atoms with Crippen LogP contribution in [0.4, 0.5) is 0 Å². The van der Waals surface area contributed by atoms with Gasteiger partial charge in [0, 0.05) is 5.97 Å². The molecule has 0 saturated heterocycles. The van der Waals surface area contributed by atoms with Crippen molar-refractivity contribution in [1.29, 1.82) is 0 Å². The number of carbonyl (C=O) groups is 1. The number of carboxylic acids is 1. The van der Waals surface area contributed by atoms with Crippen molar-refractivity contribution in [2.75, 3.05) is 0 Å². The van der Waals surface area contributed by atoms with E-state index in [4.69, 9.17) is 5.11 Å². The van der Waals surface area contributed by atoms with E-state index in [9.17, 15) is 15.0 Å². The van der Waals surface area contributed by atoms with E-state index < -0.39 is 12.3 Å². The third kappa shape index (κ3) is 3.46. The lowest BCUT2D eigenvalue weighted by Crippen LogP contribution is -2.23. The second kappa shape index (κ2) is 5.15. The standard InChI is InChI=1S/C12H21O4/c1-12(2)8(9(12)7-11(15)16)5-3-4-6-10(13)14/h8-10,13H,3-7H2,1-2H3,(H,15,16)/q-1/p-1. The Balaban J connectivity index is 2.21. The first-order valence-electron chi connectivity index (χ1n) is 5.89. The SMILES string of the molecule is CC1(C)C(CCCCC([O-])O)C1CC(=O)[O-]. The Labute approximate surface area is 96.3 Å². The predicted octanol–water partition coefficient (Wildman–Crippen LogP) is -0.362. The number of carbonyl (C=O) groups excluding carboxylic acids is 1. The molecule has 1 fully saturated rings. The molecule has 1 aliphatic rings. The normalized spacial score (nSPS) is 28.8. The highest BCUT2D eigenvalue weighted by Gasteiger charge is 2.55. The molecule has 1 aliphatic carbocycles. The van der Waals surface area contributed by atoms with Gasteiger partial charge in [0.2, 0.25) is 0 Å². The summed E-state index contributed by atoms with van der Waals surface area (Å²) < 4.78 is 0. The molecule has 1 rings (SSSR count). The van der Waals surface area contributed by atoms with E-state index in [2.05, 4.69) is 13.8 Å². The van der Waals surface area contributed by atoms with Crippen LogP contribution in [0.3, 0.4) is 0 Å². The van der Waals surface area contributed by atoms with Crippen LogP contribution in [0.5, 0.6) is 0 Å². The van der Waals surface area contributed by atoms with E-state index in [1.807, 2.05) is 0 Å². The van der Waals surface area contributed by atoms with Gasteiger partial charge in [0.1, 0.15) is 0 Å². The average Bonchev–Trinajstić information content (AvgIpc) is 2.61. The zero-order valence-corrected chi connectivity index (χ0v) is 9.94. The van der Waals surface area contributed by atoms with Crippen molar-refractivity contribution < 1.29 is 20.1 Å². The molecule has 94 valence electrons. The Hall–Kier alpha value is -0.610. The molecule has 0 aromatic rings. The van der Waals surface area contributed by atoms with Crippen LogP contribution in [0.1, 0.15) is 46.0 Å². The summed E-state index contributed by atoms with van der Waals surface area (Å²) in [7, 11) is 0. The van der Waals surface area contributed by atoms with E-state index in [0.717, 1.165) is 19.3 Å². The largest absolute Gasteiger partial charge is 0.831 e. The van der Waals surface area contributed by atoms with Crippen molar-refractivity contribution in [2.45, 2.75) is 52.2 Å². The first-order chi connectivity index (χ1) is 7.35. The number of aliphatic hydroxyl groups excluding tert-OH is 1. The van der Waals surface area contributed by atoms with Gasteiger partial charge in [-0.25, -0.2) is 0 Å². The summed E-state index contributed by atoms with van der Waals surface area (Å²) >= 11 is 0. The van der Waals surface area contributed by atoms with Crippen molar-refractivity contribution in [1.82, 2.24) is 0 Å². The van der Waals surface area contributed by atoms with Gasteiger partial charge in [-0.2, -0.15) is 0 Å². The Morgan fingerprint density at radius 2 is 2.00 bits per heavy atom. The topological polar surface area (TPSA) is 83.4 Å². The van der Waals surface area contributed by atoms with Crippen molar-refractivity contribution in [3.8, 4) is 0 Å². The summed E-state index contributed by atoms with van der Waals surface area (Å²) in [5.74, 6) is -0.334. The highest BCUT2D eigenvalue weighted by atomic mass is 16.5. The fourth-order valence-electron chi connectivity index (χ4n) is 2.70. The summed E-state index contributed by atoms with van der Waals surface area (Å²) in [5, 5.41) is 29.5. The predicted molar refractivity (Wildman–Crippen MR) is 54.9 cm³/mol. The maximum Gasteiger partial charge on any atom is 0.0417 e. The second-order valence-corrected chi connectivity index (χ2v) is 5.35. The molecule has 0 amide bonds. The first-order valence-corrected chi connectivity index (χ1v) is 5.89. The Morgan fingerprint density at radius 1 is 1.38 bits per heavy atom. The highest BCUT2D eigenvalue weighted by Crippen LogP contribution is 2.61. The summed E-state index contributed by atoms with van der Waals surface area (Å²) in [5.41, 5.74) is 0.0934.